The lowest BCUT2D eigenvalue weighted by Crippen LogP contribution is -2.34. The molecular weight excluding hydrogens is 370 g/mol. The van der Waals surface area contributed by atoms with Crippen molar-refractivity contribution in [1.29, 1.82) is 0 Å². The van der Waals surface area contributed by atoms with Gasteiger partial charge in [0.15, 0.2) is 0 Å². The summed E-state index contributed by atoms with van der Waals surface area (Å²) in [6.45, 7) is 2.02. The van der Waals surface area contributed by atoms with Gasteiger partial charge in [0, 0.05) is 17.2 Å². The van der Waals surface area contributed by atoms with Gasteiger partial charge in [0.1, 0.15) is 0 Å². The van der Waals surface area contributed by atoms with E-state index < -0.39 is 5.24 Å². The van der Waals surface area contributed by atoms with Crippen molar-refractivity contribution in [1.82, 2.24) is 5.32 Å². The minimum absolute atomic E-state index is 0. The van der Waals surface area contributed by atoms with E-state index in [1.165, 1.54) is 5.56 Å². The molecule has 3 rings (SSSR count). The minimum atomic E-state index is -0.407. The van der Waals surface area contributed by atoms with Crippen LogP contribution in [0.1, 0.15) is 40.6 Å². The molecule has 3 aromatic carbocycles. The van der Waals surface area contributed by atoms with Crippen molar-refractivity contribution >= 4 is 22.8 Å². The molecule has 146 valence electrons. The standard InChI is InChI=1S/C16H17NO.C7H5ClO.CH4/c1-13(12-14-8-4-2-5-9-14)17-16(18)15-10-6-3-7-11-15;8-7(9)6-4-2-1-3-5-6;/h2-11,13H,12H2,1H3,(H,17,18);1-5H;1H4. The van der Waals surface area contributed by atoms with E-state index in [0.29, 0.717) is 11.1 Å². The Morgan fingerprint density at radius 3 is 1.64 bits per heavy atom. The second-order valence-corrected chi connectivity index (χ2v) is 6.41. The molecule has 0 aliphatic rings. The molecule has 0 aliphatic carbocycles. The van der Waals surface area contributed by atoms with Gasteiger partial charge < -0.3 is 5.32 Å². The van der Waals surface area contributed by atoms with Crippen LogP contribution in [0.5, 0.6) is 0 Å². The number of rotatable bonds is 5. The molecule has 0 radical (unpaired) electrons. The summed E-state index contributed by atoms with van der Waals surface area (Å²) in [5, 5.41) is 2.60. The van der Waals surface area contributed by atoms with Gasteiger partial charge in [-0.05, 0) is 42.6 Å². The summed E-state index contributed by atoms with van der Waals surface area (Å²) in [6.07, 6.45) is 0.847. The van der Waals surface area contributed by atoms with Crippen LogP contribution >= 0.6 is 11.6 Å². The normalized spacial score (nSPS) is 10.5. The van der Waals surface area contributed by atoms with Gasteiger partial charge in [0.25, 0.3) is 11.1 Å². The molecule has 1 amide bonds. The largest absolute Gasteiger partial charge is 0.349 e. The second-order valence-electron chi connectivity index (χ2n) is 6.07. The maximum atomic E-state index is 11.9. The molecule has 1 atom stereocenters. The van der Waals surface area contributed by atoms with Crippen LogP contribution in [-0.4, -0.2) is 17.2 Å². The average molecular weight is 396 g/mol. The molecule has 0 spiro atoms. The molecule has 28 heavy (non-hydrogen) atoms. The van der Waals surface area contributed by atoms with Crippen LogP contribution < -0.4 is 5.32 Å². The number of halogens is 1. The third-order valence-corrected chi connectivity index (χ3v) is 4.02. The molecule has 4 heteroatoms. The number of hydrogen-bond acceptors (Lipinski definition) is 2. The van der Waals surface area contributed by atoms with Gasteiger partial charge in [-0.3, -0.25) is 9.59 Å². The minimum Gasteiger partial charge on any atom is -0.349 e. The van der Waals surface area contributed by atoms with E-state index in [2.05, 4.69) is 17.4 Å². The Hall–Kier alpha value is -2.91. The third kappa shape index (κ3) is 8.19. The van der Waals surface area contributed by atoms with Crippen LogP contribution in [0.4, 0.5) is 0 Å². The number of amides is 1. The monoisotopic (exact) mass is 395 g/mol. The van der Waals surface area contributed by atoms with Crippen molar-refractivity contribution < 1.29 is 9.59 Å². The molecular formula is C24H26ClNO2. The van der Waals surface area contributed by atoms with Crippen molar-refractivity contribution in [3.8, 4) is 0 Å². The smallest absolute Gasteiger partial charge is 0.252 e. The fourth-order valence-electron chi connectivity index (χ4n) is 2.48. The van der Waals surface area contributed by atoms with Crippen molar-refractivity contribution in [2.24, 2.45) is 0 Å². The molecule has 0 bridgehead atoms. The fourth-order valence-corrected chi connectivity index (χ4v) is 2.61. The zero-order valence-electron chi connectivity index (χ0n) is 15.1. The summed E-state index contributed by atoms with van der Waals surface area (Å²) in [6, 6.07) is 28.3. The first-order valence-electron chi connectivity index (χ1n) is 8.71. The molecule has 3 aromatic rings. The van der Waals surface area contributed by atoms with E-state index in [1.54, 1.807) is 24.3 Å². The van der Waals surface area contributed by atoms with Gasteiger partial charge in [-0.15, -0.1) is 0 Å². The number of carbonyl (C=O) groups excluding carboxylic acids is 2. The Labute approximate surface area is 172 Å². The van der Waals surface area contributed by atoms with Crippen molar-refractivity contribution in [2.75, 3.05) is 0 Å². The number of carbonyl (C=O) groups is 2. The lowest BCUT2D eigenvalue weighted by molar-refractivity contribution is 0.0939. The van der Waals surface area contributed by atoms with Crippen molar-refractivity contribution in [3.63, 3.8) is 0 Å². The lowest BCUT2D eigenvalue weighted by atomic mass is 10.1. The third-order valence-electron chi connectivity index (χ3n) is 3.80. The summed E-state index contributed by atoms with van der Waals surface area (Å²) < 4.78 is 0. The predicted molar refractivity (Wildman–Crippen MR) is 117 cm³/mol. The Kier molecular flexibility index (Phi) is 10.3. The van der Waals surface area contributed by atoms with Gasteiger partial charge in [-0.1, -0.05) is 86.3 Å². The molecule has 0 fully saturated rings. The number of hydrogen-bond donors (Lipinski definition) is 1. The topological polar surface area (TPSA) is 46.2 Å². The Morgan fingerprint density at radius 1 is 0.786 bits per heavy atom. The van der Waals surface area contributed by atoms with Crippen LogP contribution in [0.2, 0.25) is 0 Å². The van der Waals surface area contributed by atoms with Gasteiger partial charge in [-0.25, -0.2) is 0 Å². The predicted octanol–water partition coefficient (Wildman–Crippen LogP) is 5.75. The summed E-state index contributed by atoms with van der Waals surface area (Å²) in [5.74, 6) is -0.0148. The molecule has 0 aromatic heterocycles. The van der Waals surface area contributed by atoms with Crippen LogP contribution in [-0.2, 0) is 6.42 Å². The fraction of sp³-hybridized carbons (Fsp3) is 0.167. The highest BCUT2D eigenvalue weighted by Gasteiger charge is 2.09. The highest BCUT2D eigenvalue weighted by molar-refractivity contribution is 6.67. The maximum absolute atomic E-state index is 11.9. The lowest BCUT2D eigenvalue weighted by Gasteiger charge is -2.14. The first-order chi connectivity index (χ1) is 13.1. The summed E-state index contributed by atoms with van der Waals surface area (Å²) >= 11 is 5.16. The van der Waals surface area contributed by atoms with Crippen molar-refractivity contribution in [3.05, 3.63) is 108 Å². The molecule has 3 nitrogen and oxygen atoms in total. The van der Waals surface area contributed by atoms with E-state index in [4.69, 9.17) is 11.6 Å². The molecule has 0 saturated heterocycles. The van der Waals surface area contributed by atoms with Gasteiger partial charge in [-0.2, -0.15) is 0 Å². The molecule has 1 unspecified atom stereocenters. The van der Waals surface area contributed by atoms with Crippen LogP contribution in [0.3, 0.4) is 0 Å². The van der Waals surface area contributed by atoms with Gasteiger partial charge in [0.05, 0.1) is 0 Å². The highest BCUT2D eigenvalue weighted by Crippen LogP contribution is 2.04. The summed E-state index contributed by atoms with van der Waals surface area (Å²) in [4.78, 5) is 22.3. The zero-order chi connectivity index (χ0) is 19.5. The van der Waals surface area contributed by atoms with E-state index in [1.807, 2.05) is 61.5 Å². The molecule has 0 aliphatic heterocycles. The Balaban J connectivity index is 0.000000332. The summed E-state index contributed by atoms with van der Waals surface area (Å²) in [5.41, 5.74) is 2.48. The van der Waals surface area contributed by atoms with Crippen molar-refractivity contribution in [2.45, 2.75) is 26.8 Å². The number of benzene rings is 3. The van der Waals surface area contributed by atoms with E-state index in [9.17, 15) is 9.59 Å². The Bertz CT molecular complexity index is 836. The average Bonchev–Trinajstić information content (AvgIpc) is 2.70. The van der Waals surface area contributed by atoms with Crippen LogP contribution in [0.15, 0.2) is 91.0 Å². The van der Waals surface area contributed by atoms with E-state index in [-0.39, 0.29) is 19.4 Å². The van der Waals surface area contributed by atoms with Crippen LogP contribution in [0, 0.1) is 0 Å². The van der Waals surface area contributed by atoms with Gasteiger partial charge >= 0.3 is 0 Å². The zero-order valence-corrected chi connectivity index (χ0v) is 15.9. The van der Waals surface area contributed by atoms with Gasteiger partial charge in [0.2, 0.25) is 0 Å². The molecule has 0 heterocycles. The first kappa shape index (κ1) is 23.1. The Morgan fingerprint density at radius 2 is 1.21 bits per heavy atom. The molecule has 1 N–H and O–H groups in total. The molecule has 0 saturated carbocycles. The van der Waals surface area contributed by atoms with Crippen LogP contribution in [0.25, 0.3) is 0 Å². The SMILES string of the molecule is C.CC(Cc1ccccc1)NC(=O)c1ccccc1.O=C(Cl)c1ccccc1. The first-order valence-corrected chi connectivity index (χ1v) is 9.09. The second kappa shape index (κ2) is 12.5. The van der Waals surface area contributed by atoms with E-state index >= 15 is 0 Å². The quantitative estimate of drug-likeness (QED) is 0.559. The maximum Gasteiger partial charge on any atom is 0.252 e. The summed E-state index contributed by atoms with van der Waals surface area (Å²) in [7, 11) is 0. The number of nitrogens with one attached hydrogen (secondary N) is 1. The highest BCUT2D eigenvalue weighted by atomic mass is 35.5. The van der Waals surface area contributed by atoms with E-state index in [0.717, 1.165) is 6.42 Å².